The second-order valence-electron chi connectivity index (χ2n) is 2.81. The number of allylic oxidation sites excluding steroid dienone is 1. The molecule has 13 heavy (non-hydrogen) atoms. The Kier molecular flexibility index (Phi) is 3.71. The van der Waals surface area contributed by atoms with Crippen LogP contribution in [0.1, 0.15) is 17.5 Å². The van der Waals surface area contributed by atoms with E-state index >= 15 is 0 Å². The normalized spacial score (nSPS) is 10.6. The second-order valence-corrected chi connectivity index (χ2v) is 3.24. The summed E-state index contributed by atoms with van der Waals surface area (Å²) in [4.78, 5) is 10.1. The van der Waals surface area contributed by atoms with Gasteiger partial charge in [0.2, 0.25) is 0 Å². The van der Waals surface area contributed by atoms with E-state index in [1.165, 1.54) is 0 Å². The van der Waals surface area contributed by atoms with Crippen molar-refractivity contribution >= 4 is 24.0 Å². The summed E-state index contributed by atoms with van der Waals surface area (Å²) < 4.78 is 0. The summed E-state index contributed by atoms with van der Waals surface area (Å²) in [7, 11) is 0. The zero-order valence-electron chi connectivity index (χ0n) is 7.46. The Bertz CT molecular complexity index is 329. The van der Waals surface area contributed by atoms with Crippen molar-refractivity contribution in [3.8, 4) is 0 Å². The highest BCUT2D eigenvalue weighted by Gasteiger charge is 1.94. The lowest BCUT2D eigenvalue weighted by Gasteiger charge is -1.99. The molecule has 1 aromatic carbocycles. The van der Waals surface area contributed by atoms with E-state index in [1.807, 2.05) is 37.3 Å². The first-order valence-electron chi connectivity index (χ1n) is 4.10. The first kappa shape index (κ1) is 10.0. The minimum absolute atomic E-state index is 0.460. The van der Waals surface area contributed by atoms with Crippen LogP contribution in [-0.2, 0) is 4.79 Å². The van der Waals surface area contributed by atoms with Gasteiger partial charge in [-0.15, -0.1) is 0 Å². The van der Waals surface area contributed by atoms with Crippen LogP contribution in [-0.4, -0.2) is 6.29 Å². The molecule has 0 aliphatic heterocycles. The van der Waals surface area contributed by atoms with Crippen molar-refractivity contribution < 1.29 is 4.79 Å². The summed E-state index contributed by atoms with van der Waals surface area (Å²) in [6, 6.07) is 5.69. The lowest BCUT2D eigenvalue weighted by Crippen LogP contribution is -1.79. The van der Waals surface area contributed by atoms with Gasteiger partial charge in [0.1, 0.15) is 6.29 Å². The van der Waals surface area contributed by atoms with Crippen molar-refractivity contribution in [2.24, 2.45) is 0 Å². The van der Waals surface area contributed by atoms with E-state index in [9.17, 15) is 4.79 Å². The van der Waals surface area contributed by atoms with Crippen LogP contribution in [0.2, 0.25) is 5.02 Å². The molecule has 0 bridgehead atoms. The molecule has 0 heterocycles. The molecule has 68 valence electrons. The molecule has 0 radical (unpaired) electrons. The molecule has 0 saturated heterocycles. The SMILES string of the molecule is Cc1cc(Cl)ccc1C=CCC=O. The molecule has 0 N–H and O–H groups in total. The fraction of sp³-hybridized carbons (Fsp3) is 0.182. The molecule has 0 aromatic heterocycles. The Morgan fingerprint density at radius 3 is 2.85 bits per heavy atom. The Morgan fingerprint density at radius 2 is 2.23 bits per heavy atom. The first-order valence-corrected chi connectivity index (χ1v) is 4.48. The Labute approximate surface area is 83.0 Å². The van der Waals surface area contributed by atoms with Crippen molar-refractivity contribution in [1.29, 1.82) is 0 Å². The van der Waals surface area contributed by atoms with Crippen molar-refractivity contribution in [2.75, 3.05) is 0 Å². The molecule has 2 heteroatoms. The zero-order chi connectivity index (χ0) is 9.68. The van der Waals surface area contributed by atoms with E-state index in [4.69, 9.17) is 11.6 Å². The molecule has 0 unspecified atom stereocenters. The maximum atomic E-state index is 10.1. The van der Waals surface area contributed by atoms with E-state index in [1.54, 1.807) is 0 Å². The predicted octanol–water partition coefficient (Wildman–Crippen LogP) is 3.25. The number of carbonyl (C=O) groups excluding carboxylic acids is 1. The van der Waals surface area contributed by atoms with Crippen LogP contribution < -0.4 is 0 Å². The van der Waals surface area contributed by atoms with Crippen LogP contribution in [0.3, 0.4) is 0 Å². The number of hydrogen-bond donors (Lipinski definition) is 0. The molecule has 0 aliphatic carbocycles. The fourth-order valence-electron chi connectivity index (χ4n) is 1.08. The van der Waals surface area contributed by atoms with E-state index in [2.05, 4.69) is 0 Å². The number of rotatable bonds is 3. The van der Waals surface area contributed by atoms with E-state index in [-0.39, 0.29) is 0 Å². The van der Waals surface area contributed by atoms with Gasteiger partial charge >= 0.3 is 0 Å². The van der Waals surface area contributed by atoms with Crippen LogP contribution >= 0.6 is 11.6 Å². The third kappa shape index (κ3) is 3.03. The first-order chi connectivity index (χ1) is 6.24. The topological polar surface area (TPSA) is 17.1 Å². The molecule has 0 aliphatic rings. The standard InChI is InChI=1S/C11H11ClO/c1-9-8-11(12)6-5-10(9)4-2-3-7-13/h2,4-8H,3H2,1H3. The van der Waals surface area contributed by atoms with Gasteiger partial charge in [-0.3, -0.25) is 0 Å². The monoisotopic (exact) mass is 194 g/mol. The third-order valence-corrected chi connectivity index (χ3v) is 2.00. The second kappa shape index (κ2) is 4.83. The Balaban J connectivity index is 2.83. The summed E-state index contributed by atoms with van der Waals surface area (Å²) in [6.45, 7) is 1.99. The molecule has 0 fully saturated rings. The Hall–Kier alpha value is -1.08. The van der Waals surface area contributed by atoms with Gasteiger partial charge in [-0.05, 0) is 30.2 Å². The number of aldehydes is 1. The third-order valence-electron chi connectivity index (χ3n) is 1.76. The molecule has 1 aromatic rings. The highest BCUT2D eigenvalue weighted by Crippen LogP contribution is 2.16. The minimum Gasteiger partial charge on any atom is -0.303 e. The lowest BCUT2D eigenvalue weighted by molar-refractivity contribution is -0.107. The number of hydrogen-bond acceptors (Lipinski definition) is 1. The predicted molar refractivity (Wildman–Crippen MR) is 55.9 cm³/mol. The van der Waals surface area contributed by atoms with Crippen LogP contribution in [0.5, 0.6) is 0 Å². The molecular formula is C11H11ClO. The highest BCUT2D eigenvalue weighted by atomic mass is 35.5. The smallest absolute Gasteiger partial charge is 0.123 e. The van der Waals surface area contributed by atoms with Gasteiger partial charge in [0.25, 0.3) is 0 Å². The average Bonchev–Trinajstić information content (AvgIpc) is 2.09. The molecule has 0 spiro atoms. The van der Waals surface area contributed by atoms with Gasteiger partial charge < -0.3 is 4.79 Å². The van der Waals surface area contributed by atoms with E-state index in [0.29, 0.717) is 6.42 Å². The van der Waals surface area contributed by atoms with E-state index in [0.717, 1.165) is 22.4 Å². The molecule has 0 atom stereocenters. The van der Waals surface area contributed by atoms with Crippen LogP contribution in [0.25, 0.3) is 6.08 Å². The average molecular weight is 195 g/mol. The molecule has 0 amide bonds. The van der Waals surface area contributed by atoms with Crippen LogP contribution in [0.15, 0.2) is 24.3 Å². The fourth-order valence-corrected chi connectivity index (χ4v) is 1.30. The van der Waals surface area contributed by atoms with Crippen molar-refractivity contribution in [2.45, 2.75) is 13.3 Å². The largest absolute Gasteiger partial charge is 0.303 e. The molecule has 0 saturated carbocycles. The summed E-state index contributed by atoms with van der Waals surface area (Å²) in [6.07, 6.45) is 5.10. The minimum atomic E-state index is 0.460. The maximum Gasteiger partial charge on any atom is 0.123 e. The van der Waals surface area contributed by atoms with Crippen molar-refractivity contribution in [3.63, 3.8) is 0 Å². The highest BCUT2D eigenvalue weighted by molar-refractivity contribution is 6.30. The number of halogens is 1. The maximum absolute atomic E-state index is 10.1. The van der Waals surface area contributed by atoms with Gasteiger partial charge in [-0.1, -0.05) is 29.8 Å². The number of carbonyl (C=O) groups is 1. The number of benzene rings is 1. The zero-order valence-corrected chi connectivity index (χ0v) is 8.21. The van der Waals surface area contributed by atoms with Gasteiger partial charge in [-0.2, -0.15) is 0 Å². The number of aryl methyl sites for hydroxylation is 1. The van der Waals surface area contributed by atoms with Gasteiger partial charge in [-0.25, -0.2) is 0 Å². The van der Waals surface area contributed by atoms with E-state index < -0.39 is 0 Å². The molecular weight excluding hydrogens is 184 g/mol. The molecule has 1 nitrogen and oxygen atoms in total. The van der Waals surface area contributed by atoms with Crippen LogP contribution in [0, 0.1) is 6.92 Å². The quantitative estimate of drug-likeness (QED) is 0.676. The van der Waals surface area contributed by atoms with Gasteiger partial charge in [0, 0.05) is 11.4 Å². The van der Waals surface area contributed by atoms with Crippen LogP contribution in [0.4, 0.5) is 0 Å². The van der Waals surface area contributed by atoms with Gasteiger partial charge in [0.05, 0.1) is 0 Å². The molecule has 1 rings (SSSR count). The summed E-state index contributed by atoms with van der Waals surface area (Å²) in [5, 5.41) is 0.741. The van der Waals surface area contributed by atoms with Gasteiger partial charge in [0.15, 0.2) is 0 Å². The lowest BCUT2D eigenvalue weighted by atomic mass is 10.1. The summed E-state index contributed by atoms with van der Waals surface area (Å²) in [5.74, 6) is 0. The van der Waals surface area contributed by atoms with Crippen molar-refractivity contribution in [1.82, 2.24) is 0 Å². The Morgan fingerprint density at radius 1 is 1.46 bits per heavy atom. The summed E-state index contributed by atoms with van der Waals surface area (Å²) in [5.41, 5.74) is 2.22. The van der Waals surface area contributed by atoms with Crippen molar-refractivity contribution in [3.05, 3.63) is 40.4 Å². The summed E-state index contributed by atoms with van der Waals surface area (Å²) >= 11 is 5.80.